The van der Waals surface area contributed by atoms with E-state index in [1.165, 1.54) is 4.31 Å². The van der Waals surface area contributed by atoms with Crippen molar-refractivity contribution in [1.29, 1.82) is 0 Å². The molecular formula is C13H17NO4S. The Morgan fingerprint density at radius 1 is 1.26 bits per heavy atom. The van der Waals surface area contributed by atoms with Gasteiger partial charge in [0.2, 0.25) is 10.0 Å². The Labute approximate surface area is 113 Å². The maximum atomic E-state index is 12.5. The molecule has 0 spiro atoms. The van der Waals surface area contributed by atoms with Crippen LogP contribution in [0.5, 0.6) is 5.75 Å². The van der Waals surface area contributed by atoms with E-state index in [1.54, 1.807) is 24.3 Å². The Kier molecular flexibility index (Phi) is 3.47. The molecule has 0 amide bonds. The van der Waals surface area contributed by atoms with Crippen LogP contribution in [-0.2, 0) is 14.8 Å². The number of hydrogen-bond donors (Lipinski definition) is 0. The van der Waals surface area contributed by atoms with Crippen molar-refractivity contribution in [2.24, 2.45) is 0 Å². The first-order chi connectivity index (χ1) is 9.18. The molecule has 5 nitrogen and oxygen atoms in total. The van der Waals surface area contributed by atoms with Gasteiger partial charge in [-0.1, -0.05) is 12.1 Å². The standard InChI is InChI=1S/C13H17NO4S/c15-19(16,14-7-3-4-8-14)13-6-2-1-5-12(13)18-10-11-9-17-11/h1-2,5-6,11H,3-4,7-10H2/t11-/m1/s1. The molecule has 0 N–H and O–H groups in total. The maximum Gasteiger partial charge on any atom is 0.246 e. The van der Waals surface area contributed by atoms with Gasteiger partial charge in [-0.2, -0.15) is 4.31 Å². The smallest absolute Gasteiger partial charge is 0.246 e. The number of benzene rings is 1. The third-order valence-electron chi connectivity index (χ3n) is 3.36. The molecule has 2 aliphatic heterocycles. The summed E-state index contributed by atoms with van der Waals surface area (Å²) in [6.07, 6.45) is 1.97. The molecule has 1 aromatic carbocycles. The molecule has 0 saturated carbocycles. The lowest BCUT2D eigenvalue weighted by atomic mass is 10.3. The lowest BCUT2D eigenvalue weighted by Crippen LogP contribution is -2.28. The predicted molar refractivity (Wildman–Crippen MR) is 69.7 cm³/mol. The normalized spacial score (nSPS) is 23.5. The van der Waals surface area contributed by atoms with Gasteiger partial charge in [-0.15, -0.1) is 0 Å². The molecule has 6 heteroatoms. The minimum absolute atomic E-state index is 0.113. The predicted octanol–water partition coefficient (Wildman–Crippen LogP) is 1.25. The van der Waals surface area contributed by atoms with E-state index in [4.69, 9.17) is 9.47 Å². The molecule has 2 fully saturated rings. The molecule has 0 aromatic heterocycles. The van der Waals surface area contributed by atoms with Crippen LogP contribution in [0.4, 0.5) is 0 Å². The lowest BCUT2D eigenvalue weighted by molar-refractivity contribution is 0.257. The van der Waals surface area contributed by atoms with E-state index in [9.17, 15) is 8.42 Å². The molecule has 0 unspecified atom stereocenters. The monoisotopic (exact) mass is 283 g/mol. The van der Waals surface area contributed by atoms with Crippen LogP contribution in [0.1, 0.15) is 12.8 Å². The van der Waals surface area contributed by atoms with Crippen LogP contribution in [0.2, 0.25) is 0 Å². The van der Waals surface area contributed by atoms with Crippen molar-refractivity contribution >= 4 is 10.0 Å². The number of epoxide rings is 1. The zero-order valence-electron chi connectivity index (χ0n) is 10.6. The van der Waals surface area contributed by atoms with Crippen molar-refractivity contribution in [3.63, 3.8) is 0 Å². The molecule has 1 atom stereocenters. The van der Waals surface area contributed by atoms with Crippen LogP contribution in [0.3, 0.4) is 0 Å². The van der Waals surface area contributed by atoms with Gasteiger partial charge in [0.1, 0.15) is 23.4 Å². The number of nitrogens with zero attached hydrogens (tertiary/aromatic N) is 1. The highest BCUT2D eigenvalue weighted by Gasteiger charge is 2.30. The third kappa shape index (κ3) is 2.75. The summed E-state index contributed by atoms with van der Waals surface area (Å²) in [6.45, 7) is 2.30. The van der Waals surface area contributed by atoms with Crippen molar-refractivity contribution in [3.8, 4) is 5.75 Å². The number of ether oxygens (including phenoxy) is 2. The summed E-state index contributed by atoms with van der Waals surface area (Å²) < 4.78 is 37.2. The Morgan fingerprint density at radius 3 is 2.63 bits per heavy atom. The van der Waals surface area contributed by atoms with Gasteiger partial charge in [0.15, 0.2) is 0 Å². The molecule has 0 aliphatic carbocycles. The quantitative estimate of drug-likeness (QED) is 0.763. The molecule has 0 radical (unpaired) electrons. The number of hydrogen-bond acceptors (Lipinski definition) is 4. The van der Waals surface area contributed by atoms with Crippen LogP contribution in [0, 0.1) is 0 Å². The highest BCUT2D eigenvalue weighted by molar-refractivity contribution is 7.89. The Balaban J connectivity index is 1.85. The number of sulfonamides is 1. The van der Waals surface area contributed by atoms with E-state index in [0.29, 0.717) is 32.1 Å². The van der Waals surface area contributed by atoms with Gasteiger partial charge < -0.3 is 9.47 Å². The zero-order valence-corrected chi connectivity index (χ0v) is 11.4. The first-order valence-electron chi connectivity index (χ1n) is 6.51. The summed E-state index contributed by atoms with van der Waals surface area (Å²) in [5.74, 6) is 0.421. The molecule has 19 heavy (non-hydrogen) atoms. The highest BCUT2D eigenvalue weighted by Crippen LogP contribution is 2.29. The topological polar surface area (TPSA) is 59.1 Å². The molecule has 104 valence electrons. The van der Waals surface area contributed by atoms with Gasteiger partial charge in [0.25, 0.3) is 0 Å². The summed E-state index contributed by atoms with van der Waals surface area (Å²) in [5, 5.41) is 0. The maximum absolute atomic E-state index is 12.5. The summed E-state index contributed by atoms with van der Waals surface area (Å²) in [6, 6.07) is 6.82. The summed E-state index contributed by atoms with van der Waals surface area (Å²) in [5.41, 5.74) is 0. The summed E-state index contributed by atoms with van der Waals surface area (Å²) in [7, 11) is -3.43. The van der Waals surface area contributed by atoms with Gasteiger partial charge >= 0.3 is 0 Å². The fourth-order valence-corrected chi connectivity index (χ4v) is 3.85. The van der Waals surface area contributed by atoms with Crippen LogP contribution >= 0.6 is 0 Å². The van der Waals surface area contributed by atoms with Gasteiger partial charge in [0, 0.05) is 13.1 Å². The Bertz CT molecular complexity index is 548. The van der Waals surface area contributed by atoms with E-state index >= 15 is 0 Å². The van der Waals surface area contributed by atoms with Crippen LogP contribution < -0.4 is 4.74 Å². The third-order valence-corrected chi connectivity index (χ3v) is 5.30. The van der Waals surface area contributed by atoms with Crippen molar-refractivity contribution in [2.75, 3.05) is 26.3 Å². The van der Waals surface area contributed by atoms with Crippen molar-refractivity contribution < 1.29 is 17.9 Å². The van der Waals surface area contributed by atoms with Gasteiger partial charge in [0.05, 0.1) is 6.61 Å². The molecule has 2 aliphatic rings. The van der Waals surface area contributed by atoms with E-state index in [2.05, 4.69) is 0 Å². The number of para-hydroxylation sites is 1. The molecule has 0 bridgehead atoms. The summed E-state index contributed by atoms with van der Waals surface area (Å²) >= 11 is 0. The molecular weight excluding hydrogens is 266 g/mol. The van der Waals surface area contributed by atoms with Crippen LogP contribution in [0.25, 0.3) is 0 Å². The van der Waals surface area contributed by atoms with Gasteiger partial charge in [-0.05, 0) is 25.0 Å². The molecule has 2 heterocycles. The Hall–Kier alpha value is -1.11. The van der Waals surface area contributed by atoms with Crippen molar-refractivity contribution in [1.82, 2.24) is 4.31 Å². The molecule has 2 saturated heterocycles. The zero-order chi connectivity index (χ0) is 13.3. The van der Waals surface area contributed by atoms with Crippen molar-refractivity contribution in [2.45, 2.75) is 23.8 Å². The lowest BCUT2D eigenvalue weighted by Gasteiger charge is -2.18. The fraction of sp³-hybridized carbons (Fsp3) is 0.538. The average molecular weight is 283 g/mol. The number of rotatable bonds is 5. The van der Waals surface area contributed by atoms with E-state index in [-0.39, 0.29) is 11.0 Å². The molecule has 3 rings (SSSR count). The van der Waals surface area contributed by atoms with E-state index in [0.717, 1.165) is 12.8 Å². The van der Waals surface area contributed by atoms with E-state index < -0.39 is 10.0 Å². The van der Waals surface area contributed by atoms with Crippen LogP contribution in [0.15, 0.2) is 29.2 Å². The van der Waals surface area contributed by atoms with E-state index in [1.807, 2.05) is 0 Å². The average Bonchev–Trinajstić information content (AvgIpc) is 3.07. The highest BCUT2D eigenvalue weighted by atomic mass is 32.2. The van der Waals surface area contributed by atoms with Crippen molar-refractivity contribution in [3.05, 3.63) is 24.3 Å². The largest absolute Gasteiger partial charge is 0.489 e. The first-order valence-corrected chi connectivity index (χ1v) is 7.95. The molecule has 1 aromatic rings. The summed E-state index contributed by atoms with van der Waals surface area (Å²) in [4.78, 5) is 0.262. The minimum atomic E-state index is -3.43. The SMILES string of the molecule is O=S(=O)(c1ccccc1OC[C@H]1CO1)N1CCCC1. The second-order valence-electron chi connectivity index (χ2n) is 4.82. The second kappa shape index (κ2) is 5.11. The van der Waals surface area contributed by atoms with Crippen LogP contribution in [-0.4, -0.2) is 45.1 Å². The second-order valence-corrected chi connectivity index (χ2v) is 6.73. The fourth-order valence-electron chi connectivity index (χ4n) is 2.20. The first kappa shape index (κ1) is 12.9. The van der Waals surface area contributed by atoms with Gasteiger partial charge in [-0.25, -0.2) is 8.42 Å². The van der Waals surface area contributed by atoms with Gasteiger partial charge in [-0.3, -0.25) is 0 Å². The minimum Gasteiger partial charge on any atom is -0.489 e. The Morgan fingerprint density at radius 2 is 1.95 bits per heavy atom.